The minimum absolute atomic E-state index is 0.139. The van der Waals surface area contributed by atoms with Crippen LogP contribution in [0.2, 0.25) is 5.02 Å². The fourth-order valence-corrected chi connectivity index (χ4v) is 4.13. The summed E-state index contributed by atoms with van der Waals surface area (Å²) in [5.41, 5.74) is 0.789. The van der Waals surface area contributed by atoms with Crippen LogP contribution in [0, 0.1) is 0 Å². The first-order valence-corrected chi connectivity index (χ1v) is 10.9. The highest BCUT2D eigenvalue weighted by atomic mass is 35.5. The highest BCUT2D eigenvalue weighted by molar-refractivity contribution is 7.99. The highest BCUT2D eigenvalue weighted by Crippen LogP contribution is 2.18. The number of nitrogens with zero attached hydrogens (tertiary/aromatic N) is 5. The Balaban J connectivity index is 1.18. The predicted octanol–water partition coefficient (Wildman–Crippen LogP) is 2.70. The van der Waals surface area contributed by atoms with Gasteiger partial charge in [-0.2, -0.15) is 0 Å². The fraction of sp³-hybridized carbons (Fsp3) is 0.350. The second kappa shape index (κ2) is 9.47. The maximum atomic E-state index is 12.6. The Morgan fingerprint density at radius 3 is 2.66 bits per heavy atom. The maximum absolute atomic E-state index is 12.6. The Bertz CT molecular complexity index is 957. The zero-order valence-corrected chi connectivity index (χ0v) is 17.5. The van der Waals surface area contributed by atoms with Gasteiger partial charge in [-0.1, -0.05) is 29.4 Å². The van der Waals surface area contributed by atoms with Crippen LogP contribution in [0.25, 0.3) is 5.65 Å². The molecule has 0 atom stereocenters. The summed E-state index contributed by atoms with van der Waals surface area (Å²) < 4.78 is 7.65. The first kappa shape index (κ1) is 20.0. The highest BCUT2D eigenvalue weighted by Gasteiger charge is 2.21. The minimum atomic E-state index is 0.139. The van der Waals surface area contributed by atoms with Gasteiger partial charge in [0.25, 0.3) is 0 Å². The number of pyridine rings is 1. The van der Waals surface area contributed by atoms with Gasteiger partial charge in [0.1, 0.15) is 12.4 Å². The maximum Gasteiger partial charge on any atom is 0.233 e. The summed E-state index contributed by atoms with van der Waals surface area (Å²) in [5.74, 6) is 1.33. The Hall–Kier alpha value is -2.29. The molecule has 2 aromatic heterocycles. The van der Waals surface area contributed by atoms with Crippen molar-refractivity contribution in [1.29, 1.82) is 0 Å². The van der Waals surface area contributed by atoms with Gasteiger partial charge in [0.05, 0.1) is 5.75 Å². The fourth-order valence-electron chi connectivity index (χ4n) is 3.18. The van der Waals surface area contributed by atoms with Crippen molar-refractivity contribution >= 4 is 34.9 Å². The molecule has 0 spiro atoms. The number of piperazine rings is 1. The lowest BCUT2D eigenvalue weighted by atomic mass is 10.3. The lowest BCUT2D eigenvalue weighted by molar-refractivity contribution is -0.130. The summed E-state index contributed by atoms with van der Waals surface area (Å²) in [6.07, 6.45) is 1.91. The Labute approximate surface area is 178 Å². The zero-order chi connectivity index (χ0) is 20.1. The van der Waals surface area contributed by atoms with E-state index >= 15 is 0 Å². The average Bonchev–Trinajstić information content (AvgIpc) is 3.17. The van der Waals surface area contributed by atoms with Crippen LogP contribution in [0.5, 0.6) is 5.75 Å². The molecule has 0 bridgehead atoms. The van der Waals surface area contributed by atoms with Crippen LogP contribution in [0.15, 0.2) is 53.8 Å². The number of benzene rings is 1. The van der Waals surface area contributed by atoms with Crippen molar-refractivity contribution in [2.45, 2.75) is 5.16 Å². The van der Waals surface area contributed by atoms with Gasteiger partial charge < -0.3 is 9.64 Å². The van der Waals surface area contributed by atoms with Crippen molar-refractivity contribution in [2.75, 3.05) is 45.1 Å². The lowest BCUT2D eigenvalue weighted by Gasteiger charge is -2.34. The largest absolute Gasteiger partial charge is 0.492 e. The number of hydrogen-bond donors (Lipinski definition) is 0. The first-order valence-electron chi connectivity index (χ1n) is 9.50. The molecule has 1 amide bonds. The molecule has 0 aliphatic carbocycles. The molecule has 1 aliphatic heterocycles. The van der Waals surface area contributed by atoms with Crippen LogP contribution in [-0.2, 0) is 4.79 Å². The number of thioether (sulfide) groups is 1. The van der Waals surface area contributed by atoms with E-state index in [0.29, 0.717) is 17.4 Å². The summed E-state index contributed by atoms with van der Waals surface area (Å²) in [6.45, 7) is 4.64. The number of aromatic nitrogens is 3. The molecule has 1 saturated heterocycles. The van der Waals surface area contributed by atoms with E-state index in [-0.39, 0.29) is 5.91 Å². The van der Waals surface area contributed by atoms with E-state index in [1.165, 1.54) is 11.8 Å². The van der Waals surface area contributed by atoms with E-state index in [2.05, 4.69) is 15.1 Å². The molecule has 9 heteroatoms. The van der Waals surface area contributed by atoms with Crippen molar-refractivity contribution in [3.63, 3.8) is 0 Å². The molecule has 1 fully saturated rings. The van der Waals surface area contributed by atoms with Crippen LogP contribution >= 0.6 is 23.4 Å². The number of hydrogen-bond acceptors (Lipinski definition) is 6. The Morgan fingerprint density at radius 1 is 1.07 bits per heavy atom. The van der Waals surface area contributed by atoms with E-state index < -0.39 is 0 Å². The molecule has 0 N–H and O–H groups in total. The molecule has 29 heavy (non-hydrogen) atoms. The van der Waals surface area contributed by atoms with Crippen molar-refractivity contribution in [2.24, 2.45) is 0 Å². The average molecular weight is 432 g/mol. The second-order valence-electron chi connectivity index (χ2n) is 6.72. The van der Waals surface area contributed by atoms with E-state index in [0.717, 1.165) is 49.3 Å². The summed E-state index contributed by atoms with van der Waals surface area (Å²) in [6, 6.07) is 13.1. The van der Waals surface area contributed by atoms with Crippen molar-refractivity contribution in [1.82, 2.24) is 24.4 Å². The standard InChI is InChI=1S/C20H22ClN5O2S/c21-16-4-6-17(7-5-16)28-14-13-24-9-11-25(12-10-24)19(27)15-29-20-23-22-18-3-1-2-8-26(18)20/h1-8H,9-15H2. The molecule has 4 rings (SSSR count). The van der Waals surface area contributed by atoms with Gasteiger partial charge >= 0.3 is 0 Å². The number of carbonyl (C=O) groups is 1. The SMILES string of the molecule is O=C(CSc1nnc2ccccn12)N1CCN(CCOc2ccc(Cl)cc2)CC1. The van der Waals surface area contributed by atoms with Gasteiger partial charge in [0, 0.05) is 43.9 Å². The van der Waals surface area contributed by atoms with E-state index in [4.69, 9.17) is 16.3 Å². The van der Waals surface area contributed by atoms with Crippen LogP contribution in [0.1, 0.15) is 0 Å². The molecule has 3 heterocycles. The summed E-state index contributed by atoms with van der Waals surface area (Å²) in [4.78, 5) is 16.8. The summed E-state index contributed by atoms with van der Waals surface area (Å²) >= 11 is 7.31. The van der Waals surface area contributed by atoms with Crippen molar-refractivity contribution in [3.8, 4) is 5.75 Å². The van der Waals surface area contributed by atoms with E-state index in [9.17, 15) is 4.79 Å². The molecule has 152 valence electrons. The second-order valence-corrected chi connectivity index (χ2v) is 8.10. The molecule has 1 aliphatic rings. The van der Waals surface area contributed by atoms with Gasteiger partial charge in [-0.05, 0) is 36.4 Å². The third-order valence-electron chi connectivity index (χ3n) is 4.82. The molecule has 0 radical (unpaired) electrons. The smallest absolute Gasteiger partial charge is 0.233 e. The lowest BCUT2D eigenvalue weighted by Crippen LogP contribution is -2.50. The zero-order valence-electron chi connectivity index (χ0n) is 15.9. The van der Waals surface area contributed by atoms with Crippen LogP contribution in [0.4, 0.5) is 0 Å². The van der Waals surface area contributed by atoms with E-state index in [1.807, 2.05) is 58.0 Å². The van der Waals surface area contributed by atoms with Crippen molar-refractivity contribution < 1.29 is 9.53 Å². The Morgan fingerprint density at radius 2 is 1.86 bits per heavy atom. The number of ether oxygens (including phenoxy) is 1. The monoisotopic (exact) mass is 431 g/mol. The quantitative estimate of drug-likeness (QED) is 0.536. The normalized spacial score (nSPS) is 15.0. The Kier molecular flexibility index (Phi) is 6.53. The van der Waals surface area contributed by atoms with Gasteiger partial charge in [-0.3, -0.25) is 14.1 Å². The van der Waals surface area contributed by atoms with Crippen LogP contribution in [-0.4, -0.2) is 75.4 Å². The number of rotatable bonds is 7. The first-order chi connectivity index (χ1) is 14.2. The molecule has 1 aromatic carbocycles. The van der Waals surface area contributed by atoms with Gasteiger partial charge in [0.15, 0.2) is 10.8 Å². The predicted molar refractivity (Wildman–Crippen MR) is 114 cm³/mol. The molecular weight excluding hydrogens is 410 g/mol. The van der Waals surface area contributed by atoms with Gasteiger partial charge in [-0.15, -0.1) is 10.2 Å². The number of carbonyl (C=O) groups excluding carboxylic acids is 1. The van der Waals surface area contributed by atoms with Crippen LogP contribution < -0.4 is 4.74 Å². The summed E-state index contributed by atoms with van der Waals surface area (Å²) in [5, 5.41) is 9.72. The number of fused-ring (bicyclic) bond motifs is 1. The van der Waals surface area contributed by atoms with Gasteiger partial charge in [-0.25, -0.2) is 0 Å². The number of halogens is 1. The number of amides is 1. The minimum Gasteiger partial charge on any atom is -0.492 e. The molecule has 0 saturated carbocycles. The topological polar surface area (TPSA) is 63.0 Å². The molecule has 3 aromatic rings. The third kappa shape index (κ3) is 5.20. The molecular formula is C20H22ClN5O2S. The van der Waals surface area contributed by atoms with Gasteiger partial charge in [0.2, 0.25) is 5.91 Å². The van der Waals surface area contributed by atoms with E-state index in [1.54, 1.807) is 0 Å². The van der Waals surface area contributed by atoms with Crippen LogP contribution in [0.3, 0.4) is 0 Å². The third-order valence-corrected chi connectivity index (χ3v) is 6.00. The molecule has 0 unspecified atom stereocenters. The summed E-state index contributed by atoms with van der Waals surface area (Å²) in [7, 11) is 0. The molecule has 7 nitrogen and oxygen atoms in total. The van der Waals surface area contributed by atoms with Crippen molar-refractivity contribution in [3.05, 3.63) is 53.7 Å².